The zero-order valence-electron chi connectivity index (χ0n) is 15.7. The van der Waals surface area contributed by atoms with Crippen molar-refractivity contribution in [1.82, 2.24) is 19.7 Å². The second-order valence-corrected chi connectivity index (χ2v) is 7.07. The summed E-state index contributed by atoms with van der Waals surface area (Å²) >= 11 is 1.29. The Balaban J connectivity index is 1.76. The summed E-state index contributed by atoms with van der Waals surface area (Å²) in [5.74, 6) is 1.08. The van der Waals surface area contributed by atoms with Crippen LogP contribution >= 0.6 is 11.8 Å². The van der Waals surface area contributed by atoms with Gasteiger partial charge >= 0.3 is 6.61 Å². The average Bonchev–Trinajstić information content (AvgIpc) is 3.24. The third-order valence-corrected chi connectivity index (χ3v) is 5.08. The number of rotatable bonds is 8. The van der Waals surface area contributed by atoms with Gasteiger partial charge in [0.25, 0.3) is 0 Å². The lowest BCUT2D eigenvalue weighted by molar-refractivity contribution is -0.0498. The van der Waals surface area contributed by atoms with Gasteiger partial charge in [0, 0.05) is 29.1 Å². The number of aryl methyl sites for hydroxylation is 2. The van der Waals surface area contributed by atoms with Crippen molar-refractivity contribution < 1.29 is 18.3 Å². The van der Waals surface area contributed by atoms with Crippen molar-refractivity contribution in [2.75, 3.05) is 5.75 Å². The Morgan fingerprint density at radius 3 is 2.61 bits per heavy atom. The van der Waals surface area contributed by atoms with E-state index in [1.807, 2.05) is 31.4 Å². The Morgan fingerprint density at radius 2 is 2.00 bits per heavy atom. The van der Waals surface area contributed by atoms with Crippen LogP contribution in [0.5, 0.6) is 5.75 Å². The maximum absolute atomic E-state index is 12.7. The normalized spacial score (nSPS) is 11.2. The van der Waals surface area contributed by atoms with Gasteiger partial charge in [-0.25, -0.2) is 4.98 Å². The number of hydrogen-bond donors (Lipinski definition) is 1. The van der Waals surface area contributed by atoms with Crippen LogP contribution in [0.4, 0.5) is 8.78 Å². The van der Waals surface area contributed by atoms with E-state index in [4.69, 9.17) is 0 Å². The molecule has 2 heterocycles. The summed E-state index contributed by atoms with van der Waals surface area (Å²) < 4.78 is 30.9. The number of nitrogens with zero attached hydrogens (tertiary/aromatic N) is 3. The van der Waals surface area contributed by atoms with Crippen LogP contribution in [0.15, 0.2) is 35.5 Å². The lowest BCUT2D eigenvalue weighted by Crippen LogP contribution is -2.06. The van der Waals surface area contributed by atoms with E-state index in [1.165, 1.54) is 23.9 Å². The van der Waals surface area contributed by atoms with E-state index >= 15 is 0 Å². The molecule has 1 aromatic carbocycles. The second kappa shape index (κ2) is 8.55. The fourth-order valence-corrected chi connectivity index (χ4v) is 3.63. The SMILES string of the molecule is CCc1nc(SCC(=O)c2cc(C)n(-c3ccc(OC(F)F)cc3)c2C)n[nH]1. The smallest absolute Gasteiger partial charge is 0.387 e. The maximum Gasteiger partial charge on any atom is 0.387 e. The molecule has 0 saturated carbocycles. The van der Waals surface area contributed by atoms with Gasteiger partial charge in [0.05, 0.1) is 5.75 Å². The first-order valence-electron chi connectivity index (χ1n) is 8.70. The minimum absolute atomic E-state index is 0.0233. The van der Waals surface area contributed by atoms with E-state index in [1.54, 1.807) is 12.1 Å². The Kier molecular flexibility index (Phi) is 6.13. The van der Waals surface area contributed by atoms with Gasteiger partial charge in [-0.3, -0.25) is 9.89 Å². The lowest BCUT2D eigenvalue weighted by Gasteiger charge is -2.11. The number of nitrogens with one attached hydrogen (secondary N) is 1. The Labute approximate surface area is 165 Å². The molecule has 1 N–H and O–H groups in total. The summed E-state index contributed by atoms with van der Waals surface area (Å²) in [4.78, 5) is 17.0. The number of alkyl halides is 2. The molecule has 0 aliphatic heterocycles. The molecule has 0 bridgehead atoms. The first kappa shape index (κ1) is 20.1. The van der Waals surface area contributed by atoms with Gasteiger partial charge in [0.1, 0.15) is 11.6 Å². The number of ketones is 1. The first-order valence-corrected chi connectivity index (χ1v) is 9.69. The number of Topliss-reactive ketones (excluding diaryl/α,β-unsaturated/α-hetero) is 1. The van der Waals surface area contributed by atoms with Gasteiger partial charge in [0.2, 0.25) is 5.16 Å². The highest BCUT2D eigenvalue weighted by atomic mass is 32.2. The molecule has 9 heteroatoms. The predicted molar refractivity (Wildman–Crippen MR) is 103 cm³/mol. The van der Waals surface area contributed by atoms with Crippen molar-refractivity contribution in [2.45, 2.75) is 39.0 Å². The standard InChI is InChI=1S/C19H20F2N4O2S/c1-4-17-22-19(24-23-17)28-10-16(26)15-9-11(2)25(12(15)3)13-5-7-14(8-6-13)27-18(20)21/h5-9,18H,4,10H2,1-3H3,(H,22,23,24). The number of hydrogen-bond acceptors (Lipinski definition) is 5. The topological polar surface area (TPSA) is 72.8 Å². The van der Waals surface area contributed by atoms with Gasteiger partial charge < -0.3 is 9.30 Å². The number of carbonyl (C=O) groups excluding carboxylic acids is 1. The van der Waals surface area contributed by atoms with Crippen molar-refractivity contribution in [1.29, 1.82) is 0 Å². The molecule has 2 aromatic heterocycles. The van der Waals surface area contributed by atoms with Crippen LogP contribution in [0.2, 0.25) is 0 Å². The van der Waals surface area contributed by atoms with E-state index in [0.29, 0.717) is 10.7 Å². The summed E-state index contributed by atoms with van der Waals surface area (Å²) in [6.07, 6.45) is 0.754. The quantitative estimate of drug-likeness (QED) is 0.445. The maximum atomic E-state index is 12.7. The molecule has 28 heavy (non-hydrogen) atoms. The summed E-state index contributed by atoms with van der Waals surface area (Å²) in [6.45, 7) is 2.86. The molecular formula is C19H20F2N4O2S. The fraction of sp³-hybridized carbons (Fsp3) is 0.316. The molecule has 0 aliphatic carbocycles. The van der Waals surface area contributed by atoms with Crippen LogP contribution in [0.3, 0.4) is 0 Å². The Bertz CT molecular complexity index is 967. The van der Waals surface area contributed by atoms with Gasteiger partial charge in [-0.2, -0.15) is 8.78 Å². The number of ether oxygens (including phenoxy) is 1. The molecule has 0 amide bonds. The van der Waals surface area contributed by atoms with E-state index in [0.717, 1.165) is 29.3 Å². The molecule has 6 nitrogen and oxygen atoms in total. The van der Waals surface area contributed by atoms with Gasteiger partial charge in [-0.05, 0) is 44.2 Å². The third kappa shape index (κ3) is 4.41. The highest BCUT2D eigenvalue weighted by Crippen LogP contribution is 2.25. The predicted octanol–water partition coefficient (Wildman–Crippen LogP) is 4.35. The van der Waals surface area contributed by atoms with Crippen LogP contribution in [0.1, 0.15) is 34.5 Å². The average molecular weight is 406 g/mol. The zero-order valence-corrected chi connectivity index (χ0v) is 16.5. The summed E-state index contributed by atoms with van der Waals surface area (Å²) in [5, 5.41) is 7.45. The molecule has 0 aliphatic rings. The van der Waals surface area contributed by atoms with Crippen molar-refractivity contribution in [3.63, 3.8) is 0 Å². The van der Waals surface area contributed by atoms with Gasteiger partial charge in [-0.15, -0.1) is 5.10 Å². The highest BCUT2D eigenvalue weighted by molar-refractivity contribution is 7.99. The minimum Gasteiger partial charge on any atom is -0.435 e. The molecule has 0 atom stereocenters. The lowest BCUT2D eigenvalue weighted by atomic mass is 10.2. The minimum atomic E-state index is -2.86. The molecule has 3 rings (SSSR count). The van der Waals surface area contributed by atoms with Crippen LogP contribution in [0, 0.1) is 13.8 Å². The Hall–Kier alpha value is -2.68. The summed E-state index contributed by atoms with van der Waals surface area (Å²) in [5.41, 5.74) is 3.04. The first-order chi connectivity index (χ1) is 13.4. The van der Waals surface area contributed by atoms with Gasteiger partial charge in [-0.1, -0.05) is 18.7 Å². The largest absolute Gasteiger partial charge is 0.435 e. The van der Waals surface area contributed by atoms with Crippen LogP contribution in [-0.4, -0.2) is 37.9 Å². The van der Waals surface area contributed by atoms with Crippen LogP contribution in [0.25, 0.3) is 5.69 Å². The van der Waals surface area contributed by atoms with E-state index in [-0.39, 0.29) is 17.3 Å². The molecule has 0 spiro atoms. The number of aromatic nitrogens is 4. The number of H-pyrrole nitrogens is 1. The van der Waals surface area contributed by atoms with Crippen molar-refractivity contribution in [2.24, 2.45) is 0 Å². The molecule has 148 valence electrons. The second-order valence-electron chi connectivity index (χ2n) is 6.12. The third-order valence-electron chi connectivity index (χ3n) is 4.23. The Morgan fingerprint density at radius 1 is 1.29 bits per heavy atom. The van der Waals surface area contributed by atoms with Crippen LogP contribution < -0.4 is 4.74 Å². The van der Waals surface area contributed by atoms with E-state index in [9.17, 15) is 13.6 Å². The molecule has 0 unspecified atom stereocenters. The number of benzene rings is 1. The monoisotopic (exact) mass is 406 g/mol. The number of aromatic amines is 1. The van der Waals surface area contributed by atoms with Gasteiger partial charge in [0.15, 0.2) is 5.78 Å². The van der Waals surface area contributed by atoms with E-state index < -0.39 is 6.61 Å². The molecular weight excluding hydrogens is 386 g/mol. The van der Waals surface area contributed by atoms with Crippen molar-refractivity contribution in [3.8, 4) is 11.4 Å². The highest BCUT2D eigenvalue weighted by Gasteiger charge is 2.18. The summed E-state index contributed by atoms with van der Waals surface area (Å²) in [7, 11) is 0. The molecule has 0 saturated heterocycles. The van der Waals surface area contributed by atoms with Crippen molar-refractivity contribution >= 4 is 17.5 Å². The molecule has 0 fully saturated rings. The van der Waals surface area contributed by atoms with Crippen molar-refractivity contribution in [3.05, 3.63) is 53.1 Å². The van der Waals surface area contributed by atoms with Crippen LogP contribution in [-0.2, 0) is 6.42 Å². The number of carbonyl (C=O) groups is 1. The molecule has 0 radical (unpaired) electrons. The number of thioether (sulfide) groups is 1. The number of halogens is 2. The van der Waals surface area contributed by atoms with E-state index in [2.05, 4.69) is 19.9 Å². The fourth-order valence-electron chi connectivity index (χ4n) is 2.93. The zero-order chi connectivity index (χ0) is 20.3. The molecule has 3 aromatic rings. The summed E-state index contributed by atoms with van der Waals surface area (Å²) in [6, 6.07) is 8.15.